The van der Waals surface area contributed by atoms with Gasteiger partial charge in [-0.05, 0) is 6.07 Å². The van der Waals surface area contributed by atoms with E-state index in [2.05, 4.69) is 15.7 Å². The van der Waals surface area contributed by atoms with Gasteiger partial charge in [-0.3, -0.25) is 5.43 Å². The number of anilines is 1. The summed E-state index contributed by atoms with van der Waals surface area (Å²) in [5.41, 5.74) is 3.08. The molecule has 0 bridgehead atoms. The summed E-state index contributed by atoms with van der Waals surface area (Å²) < 4.78 is 15.3. The number of benzene rings is 1. The molecule has 0 amide bonds. The summed E-state index contributed by atoms with van der Waals surface area (Å²) in [6.45, 7) is 0.961. The zero-order chi connectivity index (χ0) is 15.0. The standard InChI is InChI=1S/C12H19ClN4O3/c1-18-5-4-15-12(17-14)16-9-6-8(13)10(19-2)7-11(9)20-3/h6-7H,4-5,14H2,1-3H3,(H2,15,16,17). The molecule has 8 heteroatoms. The quantitative estimate of drug-likeness (QED) is 0.241. The van der Waals surface area contributed by atoms with E-state index in [-0.39, 0.29) is 0 Å². The van der Waals surface area contributed by atoms with E-state index in [1.165, 1.54) is 7.11 Å². The van der Waals surface area contributed by atoms with Crippen molar-refractivity contribution in [3.63, 3.8) is 0 Å². The van der Waals surface area contributed by atoms with Crippen molar-refractivity contribution in [1.82, 2.24) is 5.43 Å². The third-order valence-corrected chi connectivity index (χ3v) is 2.72. The first-order chi connectivity index (χ1) is 9.65. The molecule has 0 spiro atoms. The Hall–Kier alpha value is -1.70. The number of hydrogen-bond donors (Lipinski definition) is 3. The van der Waals surface area contributed by atoms with Gasteiger partial charge in [0.2, 0.25) is 5.96 Å². The van der Waals surface area contributed by atoms with Crippen LogP contribution >= 0.6 is 11.6 Å². The highest BCUT2D eigenvalue weighted by Crippen LogP contribution is 2.35. The lowest BCUT2D eigenvalue weighted by Gasteiger charge is -2.14. The number of hydrazine groups is 1. The number of methoxy groups -OCH3 is 3. The fourth-order valence-corrected chi connectivity index (χ4v) is 1.70. The Balaban J connectivity index is 2.94. The zero-order valence-corrected chi connectivity index (χ0v) is 12.5. The van der Waals surface area contributed by atoms with Gasteiger partial charge in [0, 0.05) is 13.2 Å². The molecule has 0 aliphatic rings. The monoisotopic (exact) mass is 302 g/mol. The summed E-state index contributed by atoms with van der Waals surface area (Å²) in [7, 11) is 4.68. The summed E-state index contributed by atoms with van der Waals surface area (Å²) in [5.74, 6) is 6.86. The number of nitrogens with one attached hydrogen (secondary N) is 2. The summed E-state index contributed by atoms with van der Waals surface area (Å²) in [6, 6.07) is 3.34. The molecule has 0 heterocycles. The lowest BCUT2D eigenvalue weighted by atomic mass is 10.2. The van der Waals surface area contributed by atoms with Crippen molar-refractivity contribution in [2.45, 2.75) is 0 Å². The summed E-state index contributed by atoms with van der Waals surface area (Å²) in [6.07, 6.45) is 0. The third kappa shape index (κ3) is 4.44. The Morgan fingerprint density at radius 2 is 1.95 bits per heavy atom. The van der Waals surface area contributed by atoms with Crippen LogP contribution in [0.15, 0.2) is 17.1 Å². The predicted octanol–water partition coefficient (Wildman–Crippen LogP) is 1.23. The molecule has 0 fully saturated rings. The van der Waals surface area contributed by atoms with E-state index in [4.69, 9.17) is 31.7 Å². The minimum absolute atomic E-state index is 0.376. The van der Waals surface area contributed by atoms with Crippen LogP contribution in [-0.2, 0) is 4.74 Å². The number of aliphatic imine (C=N–C) groups is 1. The van der Waals surface area contributed by atoms with Crippen LogP contribution in [0.5, 0.6) is 11.5 Å². The number of halogens is 1. The van der Waals surface area contributed by atoms with E-state index in [1.807, 2.05) is 0 Å². The van der Waals surface area contributed by atoms with Crippen LogP contribution < -0.4 is 26.1 Å². The summed E-state index contributed by atoms with van der Waals surface area (Å²) in [5, 5.41) is 3.44. The Morgan fingerprint density at radius 3 is 2.50 bits per heavy atom. The number of rotatable bonds is 6. The maximum absolute atomic E-state index is 6.08. The SMILES string of the molecule is COCCN=C(NN)Nc1cc(Cl)c(OC)cc1OC. The third-order valence-electron chi connectivity index (χ3n) is 2.43. The zero-order valence-electron chi connectivity index (χ0n) is 11.7. The summed E-state index contributed by atoms with van der Waals surface area (Å²) in [4.78, 5) is 4.19. The van der Waals surface area contributed by atoms with Crippen LogP contribution in [0.4, 0.5) is 5.69 Å². The molecule has 0 radical (unpaired) electrons. The number of hydrogen-bond acceptors (Lipinski definition) is 5. The fourth-order valence-electron chi connectivity index (χ4n) is 1.46. The first kappa shape index (κ1) is 16.4. The van der Waals surface area contributed by atoms with Gasteiger partial charge in [0.05, 0.1) is 38.1 Å². The molecule has 20 heavy (non-hydrogen) atoms. The molecule has 112 valence electrons. The van der Waals surface area contributed by atoms with Gasteiger partial charge in [-0.2, -0.15) is 0 Å². The second-order valence-electron chi connectivity index (χ2n) is 3.68. The minimum atomic E-state index is 0.376. The average molecular weight is 303 g/mol. The van der Waals surface area contributed by atoms with E-state index in [1.54, 1.807) is 26.4 Å². The maximum Gasteiger partial charge on any atom is 0.210 e. The lowest BCUT2D eigenvalue weighted by molar-refractivity contribution is 0.208. The number of ether oxygens (including phenoxy) is 3. The van der Waals surface area contributed by atoms with E-state index in [0.717, 1.165) is 0 Å². The van der Waals surface area contributed by atoms with Gasteiger partial charge in [-0.1, -0.05) is 11.6 Å². The Bertz CT molecular complexity index is 468. The molecular formula is C12H19ClN4O3. The first-order valence-corrected chi connectivity index (χ1v) is 6.22. The van der Waals surface area contributed by atoms with Crippen LogP contribution in [0.25, 0.3) is 0 Å². The molecule has 0 aliphatic heterocycles. The molecule has 0 saturated carbocycles. The average Bonchev–Trinajstić information content (AvgIpc) is 2.46. The van der Waals surface area contributed by atoms with Gasteiger partial charge in [0.1, 0.15) is 11.5 Å². The van der Waals surface area contributed by atoms with Crippen LogP contribution in [0, 0.1) is 0 Å². The van der Waals surface area contributed by atoms with E-state index < -0.39 is 0 Å². The number of nitrogens with zero attached hydrogens (tertiary/aromatic N) is 1. The van der Waals surface area contributed by atoms with Crippen molar-refractivity contribution in [1.29, 1.82) is 0 Å². The van der Waals surface area contributed by atoms with Crippen LogP contribution in [0.3, 0.4) is 0 Å². The van der Waals surface area contributed by atoms with Crippen LogP contribution in [-0.4, -0.2) is 40.4 Å². The highest BCUT2D eigenvalue weighted by atomic mass is 35.5. The fraction of sp³-hybridized carbons (Fsp3) is 0.417. The van der Waals surface area contributed by atoms with E-state index in [0.29, 0.717) is 41.3 Å². The first-order valence-electron chi connectivity index (χ1n) is 5.84. The molecule has 1 aromatic carbocycles. The van der Waals surface area contributed by atoms with Gasteiger partial charge in [-0.25, -0.2) is 10.8 Å². The highest BCUT2D eigenvalue weighted by molar-refractivity contribution is 6.32. The van der Waals surface area contributed by atoms with E-state index in [9.17, 15) is 0 Å². The topological polar surface area (TPSA) is 90.1 Å². The van der Waals surface area contributed by atoms with Crippen LogP contribution in [0.2, 0.25) is 5.02 Å². The Labute approximate surface area is 123 Å². The highest BCUT2D eigenvalue weighted by Gasteiger charge is 2.11. The van der Waals surface area contributed by atoms with Gasteiger partial charge in [-0.15, -0.1) is 0 Å². The molecule has 4 N–H and O–H groups in total. The van der Waals surface area contributed by atoms with Gasteiger partial charge < -0.3 is 19.5 Å². The molecule has 0 saturated heterocycles. The second kappa shape index (κ2) is 8.47. The second-order valence-corrected chi connectivity index (χ2v) is 4.09. The molecule has 1 aromatic rings. The molecule has 0 atom stereocenters. The Morgan fingerprint density at radius 1 is 1.25 bits per heavy atom. The van der Waals surface area contributed by atoms with Crippen molar-refractivity contribution >= 4 is 23.2 Å². The molecular weight excluding hydrogens is 284 g/mol. The van der Waals surface area contributed by atoms with Crippen molar-refractivity contribution in [2.75, 3.05) is 39.8 Å². The number of nitrogens with two attached hydrogens (primary N) is 1. The lowest BCUT2D eigenvalue weighted by Crippen LogP contribution is -2.36. The molecule has 0 unspecified atom stereocenters. The van der Waals surface area contributed by atoms with Crippen molar-refractivity contribution in [2.24, 2.45) is 10.8 Å². The van der Waals surface area contributed by atoms with Crippen LogP contribution in [0.1, 0.15) is 0 Å². The number of guanidine groups is 1. The molecule has 0 aliphatic carbocycles. The van der Waals surface area contributed by atoms with Crippen molar-refractivity contribution < 1.29 is 14.2 Å². The smallest absolute Gasteiger partial charge is 0.210 e. The maximum atomic E-state index is 6.08. The molecule has 1 rings (SSSR count). The predicted molar refractivity (Wildman–Crippen MR) is 79.7 cm³/mol. The van der Waals surface area contributed by atoms with Crippen molar-refractivity contribution in [3.8, 4) is 11.5 Å². The minimum Gasteiger partial charge on any atom is -0.495 e. The van der Waals surface area contributed by atoms with Crippen molar-refractivity contribution in [3.05, 3.63) is 17.2 Å². The van der Waals surface area contributed by atoms with Gasteiger partial charge in [0.25, 0.3) is 0 Å². The van der Waals surface area contributed by atoms with Gasteiger partial charge in [0.15, 0.2) is 0 Å². The largest absolute Gasteiger partial charge is 0.495 e. The van der Waals surface area contributed by atoms with E-state index >= 15 is 0 Å². The Kier molecular flexibility index (Phi) is 6.92. The normalized spacial score (nSPS) is 11.2. The van der Waals surface area contributed by atoms with Gasteiger partial charge >= 0.3 is 0 Å². The summed E-state index contributed by atoms with van der Waals surface area (Å²) >= 11 is 6.08. The molecule has 0 aromatic heterocycles. The molecule has 7 nitrogen and oxygen atoms in total.